The Morgan fingerprint density at radius 1 is 1.03 bits per heavy atom. The van der Waals surface area contributed by atoms with Crippen molar-refractivity contribution in [3.8, 4) is 17.2 Å². The van der Waals surface area contributed by atoms with Gasteiger partial charge in [0.25, 0.3) is 11.1 Å². The van der Waals surface area contributed by atoms with Gasteiger partial charge in [0.15, 0.2) is 11.5 Å². The first kappa shape index (κ1) is 21.5. The van der Waals surface area contributed by atoms with Gasteiger partial charge in [0.2, 0.25) is 0 Å². The van der Waals surface area contributed by atoms with Crippen LogP contribution < -0.4 is 14.2 Å². The van der Waals surface area contributed by atoms with Crippen LogP contribution >= 0.6 is 11.8 Å². The summed E-state index contributed by atoms with van der Waals surface area (Å²) in [6, 6.07) is 14.6. The maximum absolute atomic E-state index is 12.7. The van der Waals surface area contributed by atoms with Crippen molar-refractivity contribution in [1.82, 2.24) is 4.90 Å². The maximum atomic E-state index is 12.7. The van der Waals surface area contributed by atoms with Crippen LogP contribution in [0.15, 0.2) is 66.1 Å². The first-order valence-corrected chi connectivity index (χ1v) is 10.4. The number of hydrogen-bond acceptors (Lipinski definition) is 6. The first-order valence-electron chi connectivity index (χ1n) is 9.56. The number of ether oxygens (including phenoxy) is 3. The summed E-state index contributed by atoms with van der Waals surface area (Å²) in [5.41, 5.74) is 0.746. The summed E-state index contributed by atoms with van der Waals surface area (Å²) in [5, 5.41) is -0.307. The minimum Gasteiger partial charge on any atom is -0.492 e. The molecule has 30 heavy (non-hydrogen) atoms. The van der Waals surface area contributed by atoms with E-state index in [0.717, 1.165) is 17.3 Å². The number of hydrogen-bond donors (Lipinski definition) is 0. The van der Waals surface area contributed by atoms with Crippen LogP contribution in [-0.4, -0.2) is 42.4 Å². The van der Waals surface area contributed by atoms with E-state index in [1.165, 1.54) is 4.90 Å². The number of thioether (sulfide) groups is 1. The van der Waals surface area contributed by atoms with Gasteiger partial charge in [-0.15, -0.1) is 0 Å². The van der Waals surface area contributed by atoms with Crippen molar-refractivity contribution in [3.63, 3.8) is 0 Å². The fourth-order valence-electron chi connectivity index (χ4n) is 2.77. The average molecular weight is 426 g/mol. The first-order chi connectivity index (χ1) is 14.6. The smallest absolute Gasteiger partial charge is 0.293 e. The molecule has 1 heterocycles. The lowest BCUT2D eigenvalue weighted by molar-refractivity contribution is -0.123. The Balaban J connectivity index is 1.68. The van der Waals surface area contributed by atoms with E-state index in [0.29, 0.717) is 35.4 Å². The summed E-state index contributed by atoms with van der Waals surface area (Å²) in [5.74, 6) is 1.54. The van der Waals surface area contributed by atoms with Gasteiger partial charge in [0, 0.05) is 0 Å². The van der Waals surface area contributed by atoms with Gasteiger partial charge in [-0.2, -0.15) is 0 Å². The van der Waals surface area contributed by atoms with Crippen molar-refractivity contribution in [2.45, 2.75) is 6.92 Å². The van der Waals surface area contributed by atoms with Gasteiger partial charge < -0.3 is 14.2 Å². The van der Waals surface area contributed by atoms with E-state index in [2.05, 4.69) is 6.58 Å². The van der Waals surface area contributed by atoms with Crippen molar-refractivity contribution in [2.75, 3.05) is 26.4 Å². The fraction of sp³-hybridized carbons (Fsp3) is 0.217. The second-order valence-electron chi connectivity index (χ2n) is 6.23. The molecule has 156 valence electrons. The second-order valence-corrected chi connectivity index (χ2v) is 7.23. The largest absolute Gasteiger partial charge is 0.492 e. The molecular formula is C23H23NO5S. The number of imide groups is 1. The lowest BCUT2D eigenvalue weighted by Crippen LogP contribution is -2.32. The number of amides is 2. The number of carbonyl (C=O) groups is 2. The van der Waals surface area contributed by atoms with Gasteiger partial charge in [-0.05, 0) is 54.6 Å². The summed E-state index contributed by atoms with van der Waals surface area (Å²) in [4.78, 5) is 26.5. The van der Waals surface area contributed by atoms with Crippen molar-refractivity contribution < 1.29 is 23.8 Å². The zero-order valence-electron chi connectivity index (χ0n) is 16.7. The molecule has 0 saturated carbocycles. The molecule has 0 aromatic heterocycles. The minimum absolute atomic E-state index is 0.190. The van der Waals surface area contributed by atoms with Crippen LogP contribution in [0.25, 0.3) is 6.08 Å². The summed E-state index contributed by atoms with van der Waals surface area (Å²) in [6.07, 6.45) is 3.34. The fourth-order valence-corrected chi connectivity index (χ4v) is 3.63. The predicted octanol–water partition coefficient (Wildman–Crippen LogP) is 4.77. The average Bonchev–Trinajstić information content (AvgIpc) is 3.01. The number of benzene rings is 2. The van der Waals surface area contributed by atoms with E-state index in [1.807, 2.05) is 43.3 Å². The lowest BCUT2D eigenvalue weighted by atomic mass is 10.2. The Kier molecular flexibility index (Phi) is 7.57. The van der Waals surface area contributed by atoms with Crippen LogP contribution in [-0.2, 0) is 4.79 Å². The van der Waals surface area contributed by atoms with Gasteiger partial charge in [0.1, 0.15) is 19.0 Å². The molecule has 2 aromatic rings. The molecule has 0 bridgehead atoms. The summed E-state index contributed by atoms with van der Waals surface area (Å²) in [7, 11) is 0. The van der Waals surface area contributed by atoms with Gasteiger partial charge in [0.05, 0.1) is 18.1 Å². The Labute approximate surface area is 180 Å². The summed E-state index contributed by atoms with van der Waals surface area (Å²) >= 11 is 0.918. The number of rotatable bonds is 10. The quantitative estimate of drug-likeness (QED) is 0.404. The molecule has 0 atom stereocenters. The van der Waals surface area contributed by atoms with Crippen LogP contribution in [0.5, 0.6) is 17.2 Å². The van der Waals surface area contributed by atoms with E-state index in [4.69, 9.17) is 14.2 Å². The molecule has 1 aliphatic rings. The molecule has 0 N–H and O–H groups in total. The van der Waals surface area contributed by atoms with E-state index >= 15 is 0 Å². The predicted molar refractivity (Wildman–Crippen MR) is 118 cm³/mol. The van der Waals surface area contributed by atoms with Gasteiger partial charge in [-0.3, -0.25) is 14.5 Å². The van der Waals surface area contributed by atoms with Crippen LogP contribution in [0, 0.1) is 0 Å². The molecule has 3 rings (SSSR count). The highest BCUT2D eigenvalue weighted by Gasteiger charge is 2.34. The molecule has 2 aromatic carbocycles. The Hall–Kier alpha value is -3.19. The highest BCUT2D eigenvalue weighted by atomic mass is 32.2. The molecule has 1 fully saturated rings. The minimum atomic E-state index is -0.327. The molecule has 0 spiro atoms. The van der Waals surface area contributed by atoms with Gasteiger partial charge in [-0.1, -0.05) is 36.9 Å². The number of para-hydroxylation sites is 1. The molecule has 6 nitrogen and oxygen atoms in total. The van der Waals surface area contributed by atoms with Crippen LogP contribution in [0.1, 0.15) is 12.5 Å². The van der Waals surface area contributed by atoms with Crippen LogP contribution in [0.2, 0.25) is 0 Å². The van der Waals surface area contributed by atoms with Crippen molar-refractivity contribution in [1.29, 1.82) is 0 Å². The number of nitrogens with zero attached hydrogens (tertiary/aromatic N) is 1. The monoisotopic (exact) mass is 425 g/mol. The third kappa shape index (κ3) is 5.45. The third-order valence-electron chi connectivity index (χ3n) is 4.12. The van der Waals surface area contributed by atoms with E-state index in [-0.39, 0.29) is 24.3 Å². The van der Waals surface area contributed by atoms with E-state index in [1.54, 1.807) is 24.3 Å². The Morgan fingerprint density at radius 2 is 1.83 bits per heavy atom. The van der Waals surface area contributed by atoms with Crippen molar-refractivity contribution in [2.24, 2.45) is 0 Å². The molecule has 0 unspecified atom stereocenters. The molecule has 2 amide bonds. The Morgan fingerprint density at radius 3 is 2.57 bits per heavy atom. The van der Waals surface area contributed by atoms with Crippen LogP contribution in [0.4, 0.5) is 4.79 Å². The van der Waals surface area contributed by atoms with E-state index < -0.39 is 0 Å². The highest BCUT2D eigenvalue weighted by Crippen LogP contribution is 2.34. The second kappa shape index (κ2) is 10.5. The number of carbonyl (C=O) groups excluding carboxylic acids is 2. The standard InChI is InChI=1S/C23H23NO5S/c1-3-13-29-19-11-10-17(15-20(19)27-4-2)16-21-22(25)24(23(26)30-21)12-14-28-18-8-6-5-7-9-18/h3,5-11,15-16H,1,4,12-14H2,2H3/b21-16-. The molecule has 7 heteroatoms. The highest BCUT2D eigenvalue weighted by molar-refractivity contribution is 8.18. The van der Waals surface area contributed by atoms with Crippen molar-refractivity contribution >= 4 is 29.0 Å². The topological polar surface area (TPSA) is 65.1 Å². The van der Waals surface area contributed by atoms with Crippen LogP contribution in [0.3, 0.4) is 0 Å². The van der Waals surface area contributed by atoms with Gasteiger partial charge >= 0.3 is 0 Å². The normalized spacial score (nSPS) is 14.8. The third-order valence-corrected chi connectivity index (χ3v) is 5.03. The van der Waals surface area contributed by atoms with Gasteiger partial charge in [-0.25, -0.2) is 0 Å². The maximum Gasteiger partial charge on any atom is 0.293 e. The Bertz CT molecular complexity index is 942. The zero-order valence-corrected chi connectivity index (χ0v) is 17.5. The molecule has 0 radical (unpaired) electrons. The summed E-state index contributed by atoms with van der Waals surface area (Å²) < 4.78 is 16.8. The molecular weight excluding hydrogens is 402 g/mol. The molecule has 1 saturated heterocycles. The molecule has 1 aliphatic heterocycles. The lowest BCUT2D eigenvalue weighted by Gasteiger charge is -2.13. The SMILES string of the molecule is C=CCOc1ccc(/C=C2\SC(=O)N(CCOc3ccccc3)C2=O)cc1OCC. The molecule has 0 aliphatic carbocycles. The van der Waals surface area contributed by atoms with Crippen molar-refractivity contribution in [3.05, 3.63) is 71.7 Å². The summed E-state index contributed by atoms with van der Waals surface area (Å²) in [6.45, 7) is 6.79. The van der Waals surface area contributed by atoms with E-state index in [9.17, 15) is 9.59 Å². The zero-order chi connectivity index (χ0) is 21.3.